The summed E-state index contributed by atoms with van der Waals surface area (Å²) >= 11 is 6.52. The fourth-order valence-electron chi connectivity index (χ4n) is 2.15. The molecule has 1 unspecified atom stereocenters. The van der Waals surface area contributed by atoms with Crippen LogP contribution in [0.4, 0.5) is 0 Å². The highest BCUT2D eigenvalue weighted by Gasteiger charge is 2.66. The number of aliphatic hydroxyl groups excluding tert-OH is 1. The lowest BCUT2D eigenvalue weighted by Crippen LogP contribution is -2.21. The third kappa shape index (κ3) is 2.56. The van der Waals surface area contributed by atoms with Gasteiger partial charge in [0.05, 0.1) is 22.4 Å². The average molecular weight is 344 g/mol. The molecule has 1 rings (SSSR count). The van der Waals surface area contributed by atoms with Gasteiger partial charge in [0.25, 0.3) is 0 Å². The molecular weight excluding hydrogens is 328 g/mol. The van der Waals surface area contributed by atoms with E-state index in [9.17, 15) is 9.90 Å². The molecule has 0 spiro atoms. The summed E-state index contributed by atoms with van der Waals surface area (Å²) in [5.41, 5.74) is -0.175. The van der Waals surface area contributed by atoms with E-state index in [4.69, 9.17) is 4.74 Å². The number of alkyl halides is 2. The predicted octanol–water partition coefficient (Wildman–Crippen LogP) is 2.30. The fourth-order valence-corrected chi connectivity index (χ4v) is 2.81. The van der Waals surface area contributed by atoms with Crippen LogP contribution in [0.2, 0.25) is 0 Å². The summed E-state index contributed by atoms with van der Waals surface area (Å²) in [6.45, 7) is 6.13. The SMILES string of the molecule is CCOC(=O)[C@@H]1[C@@H](C(O)C(Br)Br)C1(C)C. The monoisotopic (exact) mass is 342 g/mol. The van der Waals surface area contributed by atoms with Gasteiger partial charge >= 0.3 is 5.97 Å². The number of carbonyl (C=O) groups is 1. The highest BCUT2D eigenvalue weighted by molar-refractivity contribution is 9.24. The molecule has 3 atom stereocenters. The maximum absolute atomic E-state index is 11.6. The molecule has 1 N–H and O–H groups in total. The van der Waals surface area contributed by atoms with Gasteiger partial charge in [-0.15, -0.1) is 0 Å². The van der Waals surface area contributed by atoms with Gasteiger partial charge in [-0.25, -0.2) is 0 Å². The van der Waals surface area contributed by atoms with E-state index in [2.05, 4.69) is 31.9 Å². The maximum Gasteiger partial charge on any atom is 0.309 e. The van der Waals surface area contributed by atoms with E-state index >= 15 is 0 Å². The maximum atomic E-state index is 11.6. The summed E-state index contributed by atoms with van der Waals surface area (Å²) in [4.78, 5) is 11.6. The van der Waals surface area contributed by atoms with Crippen LogP contribution in [0.25, 0.3) is 0 Å². The van der Waals surface area contributed by atoms with Crippen molar-refractivity contribution in [1.82, 2.24) is 0 Å². The third-order valence-electron chi connectivity index (χ3n) is 3.08. The molecule has 0 aromatic heterocycles. The first-order chi connectivity index (χ1) is 6.84. The normalized spacial score (nSPS) is 30.1. The Balaban J connectivity index is 2.66. The van der Waals surface area contributed by atoms with Crippen LogP contribution in [0.5, 0.6) is 0 Å². The second-order valence-electron chi connectivity index (χ2n) is 4.40. The molecule has 0 aromatic carbocycles. The van der Waals surface area contributed by atoms with E-state index in [1.165, 1.54) is 0 Å². The quantitative estimate of drug-likeness (QED) is 0.629. The minimum absolute atomic E-state index is 0.0414. The van der Waals surface area contributed by atoms with Crippen LogP contribution in [0.1, 0.15) is 20.8 Å². The van der Waals surface area contributed by atoms with Gasteiger partial charge in [-0.3, -0.25) is 4.79 Å². The topological polar surface area (TPSA) is 46.5 Å². The Morgan fingerprint density at radius 2 is 2.07 bits per heavy atom. The van der Waals surface area contributed by atoms with Gasteiger partial charge in [0, 0.05) is 5.92 Å². The van der Waals surface area contributed by atoms with Gasteiger partial charge in [-0.05, 0) is 12.3 Å². The minimum atomic E-state index is -0.575. The van der Waals surface area contributed by atoms with Gasteiger partial charge in [0.1, 0.15) is 0 Å². The summed E-state index contributed by atoms with van der Waals surface area (Å²) in [6, 6.07) is 0. The number of ether oxygens (including phenoxy) is 1. The molecule has 15 heavy (non-hydrogen) atoms. The molecular formula is C10H16Br2O3. The van der Waals surface area contributed by atoms with Gasteiger partial charge < -0.3 is 9.84 Å². The number of aliphatic hydroxyl groups is 1. The van der Waals surface area contributed by atoms with E-state index in [0.29, 0.717) is 6.61 Å². The molecule has 0 bridgehead atoms. The lowest BCUT2D eigenvalue weighted by atomic mass is 10.1. The molecule has 88 valence electrons. The predicted molar refractivity (Wildman–Crippen MR) is 65.0 cm³/mol. The van der Waals surface area contributed by atoms with Crippen molar-refractivity contribution in [3.8, 4) is 0 Å². The Morgan fingerprint density at radius 3 is 2.47 bits per heavy atom. The molecule has 3 nitrogen and oxygen atoms in total. The van der Waals surface area contributed by atoms with Crippen LogP contribution in [0.15, 0.2) is 0 Å². The molecule has 0 heterocycles. The summed E-state index contributed by atoms with van der Waals surface area (Å²) < 4.78 is 4.79. The van der Waals surface area contributed by atoms with Crippen LogP contribution in [0.3, 0.4) is 0 Å². The highest BCUT2D eigenvalue weighted by atomic mass is 79.9. The number of rotatable bonds is 4. The van der Waals surface area contributed by atoms with E-state index < -0.39 is 6.10 Å². The Labute approximate surface area is 107 Å². The average Bonchev–Trinajstić information content (AvgIpc) is 2.68. The molecule has 0 amide bonds. The summed E-state index contributed by atoms with van der Waals surface area (Å²) in [7, 11) is 0. The Morgan fingerprint density at radius 1 is 1.53 bits per heavy atom. The largest absolute Gasteiger partial charge is 0.466 e. The lowest BCUT2D eigenvalue weighted by Gasteiger charge is -2.12. The molecule has 1 aliphatic carbocycles. The van der Waals surface area contributed by atoms with Crippen molar-refractivity contribution in [2.24, 2.45) is 17.3 Å². The van der Waals surface area contributed by atoms with Crippen molar-refractivity contribution >= 4 is 37.8 Å². The Kier molecular flexibility index (Phi) is 4.23. The third-order valence-corrected chi connectivity index (χ3v) is 4.16. The van der Waals surface area contributed by atoms with Crippen LogP contribution in [0, 0.1) is 17.3 Å². The smallest absolute Gasteiger partial charge is 0.309 e. The zero-order chi connectivity index (χ0) is 11.8. The zero-order valence-corrected chi connectivity index (χ0v) is 12.2. The molecule has 1 fully saturated rings. The van der Waals surface area contributed by atoms with Crippen molar-refractivity contribution in [3.05, 3.63) is 0 Å². The Bertz CT molecular complexity index is 253. The van der Waals surface area contributed by atoms with E-state index in [1.807, 2.05) is 13.8 Å². The van der Waals surface area contributed by atoms with E-state index in [0.717, 1.165) is 0 Å². The molecule has 0 radical (unpaired) electrons. The second-order valence-corrected chi connectivity index (χ2v) is 7.60. The fraction of sp³-hybridized carbons (Fsp3) is 0.900. The first-order valence-corrected chi connectivity index (χ1v) is 6.80. The molecule has 0 aliphatic heterocycles. The van der Waals surface area contributed by atoms with E-state index in [-0.39, 0.29) is 27.0 Å². The van der Waals surface area contributed by atoms with Crippen molar-refractivity contribution in [2.45, 2.75) is 30.6 Å². The minimum Gasteiger partial charge on any atom is -0.466 e. The summed E-state index contributed by atoms with van der Waals surface area (Å²) in [5, 5.41) is 9.89. The molecule has 0 aromatic rings. The number of hydrogen-bond acceptors (Lipinski definition) is 3. The van der Waals surface area contributed by atoms with Gasteiger partial charge in [0.2, 0.25) is 0 Å². The number of carbonyl (C=O) groups excluding carboxylic acids is 1. The van der Waals surface area contributed by atoms with Gasteiger partial charge in [-0.2, -0.15) is 0 Å². The van der Waals surface area contributed by atoms with Crippen molar-refractivity contribution < 1.29 is 14.6 Å². The molecule has 5 heteroatoms. The van der Waals surface area contributed by atoms with Crippen molar-refractivity contribution in [3.63, 3.8) is 0 Å². The first kappa shape index (κ1) is 13.5. The van der Waals surface area contributed by atoms with Gasteiger partial charge in [0.15, 0.2) is 0 Å². The van der Waals surface area contributed by atoms with Crippen LogP contribution < -0.4 is 0 Å². The molecule has 1 saturated carbocycles. The number of halogens is 2. The second kappa shape index (κ2) is 4.72. The van der Waals surface area contributed by atoms with Crippen molar-refractivity contribution in [2.75, 3.05) is 6.61 Å². The highest BCUT2D eigenvalue weighted by Crippen LogP contribution is 2.61. The van der Waals surface area contributed by atoms with Crippen LogP contribution >= 0.6 is 31.9 Å². The van der Waals surface area contributed by atoms with Gasteiger partial charge in [-0.1, -0.05) is 45.7 Å². The van der Waals surface area contributed by atoms with Crippen LogP contribution in [-0.4, -0.2) is 27.5 Å². The lowest BCUT2D eigenvalue weighted by molar-refractivity contribution is -0.146. The first-order valence-electron chi connectivity index (χ1n) is 4.96. The molecule has 0 saturated heterocycles. The van der Waals surface area contributed by atoms with E-state index in [1.54, 1.807) is 6.92 Å². The van der Waals surface area contributed by atoms with Crippen molar-refractivity contribution in [1.29, 1.82) is 0 Å². The zero-order valence-electron chi connectivity index (χ0n) is 9.04. The summed E-state index contributed by atoms with van der Waals surface area (Å²) in [5.74, 6) is -0.433. The summed E-state index contributed by atoms with van der Waals surface area (Å²) in [6.07, 6.45) is -0.575. The van der Waals surface area contributed by atoms with Crippen LogP contribution in [-0.2, 0) is 9.53 Å². The Hall–Kier alpha value is 0.390. The number of hydrogen-bond donors (Lipinski definition) is 1. The molecule has 1 aliphatic rings. The number of esters is 1. The standard InChI is InChI=1S/C10H16Br2O3/c1-4-15-9(14)6-5(10(6,2)3)7(13)8(11)12/h5-8,13H,4H2,1-3H3/t5-,6-,7?/m0/s1.